The van der Waals surface area contributed by atoms with Gasteiger partial charge in [0.25, 0.3) is 10.0 Å². The van der Waals surface area contributed by atoms with Gasteiger partial charge in [-0.3, -0.25) is 4.72 Å². The maximum absolute atomic E-state index is 13.2. The molecule has 0 unspecified atom stereocenters. The maximum Gasteiger partial charge on any atom is 0.262 e. The van der Waals surface area contributed by atoms with Crippen molar-refractivity contribution in [2.24, 2.45) is 0 Å². The van der Waals surface area contributed by atoms with E-state index < -0.39 is 15.8 Å². The lowest BCUT2D eigenvalue weighted by Gasteiger charge is -2.10. The van der Waals surface area contributed by atoms with Gasteiger partial charge in [0, 0.05) is 5.69 Å². The first-order valence-corrected chi connectivity index (χ1v) is 6.99. The largest absolute Gasteiger partial charge is 0.399 e. The zero-order valence-corrected chi connectivity index (χ0v) is 11.0. The number of sulfonamides is 1. The van der Waals surface area contributed by atoms with Crippen molar-refractivity contribution in [3.63, 3.8) is 0 Å². The van der Waals surface area contributed by atoms with E-state index in [9.17, 15) is 12.8 Å². The molecule has 102 valence electrons. The Kier molecular flexibility index (Phi) is 3.59. The summed E-state index contributed by atoms with van der Waals surface area (Å²) in [7, 11) is -4.01. The summed E-state index contributed by atoms with van der Waals surface area (Å²) in [5, 5.41) is 8.91. The van der Waals surface area contributed by atoms with E-state index in [0.717, 1.165) is 18.2 Å². The Morgan fingerprint density at radius 1 is 1.20 bits per heavy atom. The van der Waals surface area contributed by atoms with Crippen molar-refractivity contribution in [2.45, 2.75) is 4.90 Å². The number of rotatable bonds is 3. The summed E-state index contributed by atoms with van der Waals surface area (Å²) >= 11 is 0. The zero-order chi connectivity index (χ0) is 14.8. The summed E-state index contributed by atoms with van der Waals surface area (Å²) in [6.45, 7) is 0. The van der Waals surface area contributed by atoms with Gasteiger partial charge in [0.2, 0.25) is 0 Å². The van der Waals surface area contributed by atoms with Gasteiger partial charge in [0.15, 0.2) is 0 Å². The molecule has 7 heteroatoms. The molecule has 0 bridgehead atoms. The molecule has 5 nitrogen and oxygen atoms in total. The van der Waals surface area contributed by atoms with E-state index in [1.807, 2.05) is 6.07 Å². The van der Waals surface area contributed by atoms with Crippen LogP contribution in [-0.2, 0) is 10.0 Å². The van der Waals surface area contributed by atoms with Crippen LogP contribution in [0.25, 0.3) is 0 Å². The molecule has 0 aliphatic rings. The molecule has 0 saturated heterocycles. The number of nitrogens with two attached hydrogens (primary N) is 1. The number of anilines is 2. The maximum atomic E-state index is 13.2. The average Bonchev–Trinajstić information content (AvgIpc) is 2.38. The minimum absolute atomic E-state index is 0.000978. The smallest absolute Gasteiger partial charge is 0.262 e. The molecule has 2 rings (SSSR count). The van der Waals surface area contributed by atoms with Gasteiger partial charge >= 0.3 is 0 Å². The fourth-order valence-electron chi connectivity index (χ4n) is 1.61. The molecule has 0 heterocycles. The molecule has 3 N–H and O–H groups in total. The standard InChI is InChI=1S/C13H10FN3O2S/c14-10-5-11(16)7-12(6-10)20(18,19)17-13-4-2-1-3-9(13)8-15/h1-7,17H,16H2. The van der Waals surface area contributed by atoms with E-state index in [1.54, 1.807) is 12.1 Å². The highest BCUT2D eigenvalue weighted by molar-refractivity contribution is 7.92. The van der Waals surface area contributed by atoms with Gasteiger partial charge in [-0.15, -0.1) is 0 Å². The molecule has 2 aromatic carbocycles. The number of hydrogen-bond donors (Lipinski definition) is 2. The van der Waals surface area contributed by atoms with E-state index in [4.69, 9.17) is 11.0 Å². The van der Waals surface area contributed by atoms with Crippen molar-refractivity contribution >= 4 is 21.4 Å². The topological polar surface area (TPSA) is 96.0 Å². The number of nitrogen functional groups attached to an aromatic ring is 1. The number of nitriles is 1. The van der Waals surface area contributed by atoms with E-state index >= 15 is 0 Å². The molecule has 0 aliphatic heterocycles. The van der Waals surface area contributed by atoms with Gasteiger partial charge in [-0.2, -0.15) is 5.26 Å². The number of para-hydroxylation sites is 1. The summed E-state index contributed by atoms with van der Waals surface area (Å²) in [5.41, 5.74) is 5.71. The second-order valence-electron chi connectivity index (χ2n) is 3.98. The SMILES string of the molecule is N#Cc1ccccc1NS(=O)(=O)c1cc(N)cc(F)c1. The second-order valence-corrected chi connectivity index (χ2v) is 5.67. The van der Waals surface area contributed by atoms with Gasteiger partial charge in [-0.1, -0.05) is 12.1 Å². The van der Waals surface area contributed by atoms with Crippen LogP contribution in [0.2, 0.25) is 0 Å². The van der Waals surface area contributed by atoms with Gasteiger partial charge < -0.3 is 5.73 Å². The van der Waals surface area contributed by atoms with Crippen molar-refractivity contribution in [1.82, 2.24) is 0 Å². The zero-order valence-electron chi connectivity index (χ0n) is 10.2. The van der Waals surface area contributed by atoms with Crippen LogP contribution in [0.1, 0.15) is 5.56 Å². The normalized spacial score (nSPS) is 10.8. The van der Waals surface area contributed by atoms with E-state index in [1.165, 1.54) is 12.1 Å². The third-order valence-electron chi connectivity index (χ3n) is 2.50. The highest BCUT2D eigenvalue weighted by Gasteiger charge is 2.17. The van der Waals surface area contributed by atoms with Crippen LogP contribution in [0.15, 0.2) is 47.4 Å². The van der Waals surface area contributed by atoms with Crippen LogP contribution in [0, 0.1) is 17.1 Å². The highest BCUT2D eigenvalue weighted by atomic mass is 32.2. The summed E-state index contributed by atoms with van der Waals surface area (Å²) in [6, 6.07) is 11.0. The number of nitrogens with zero attached hydrogens (tertiary/aromatic N) is 1. The van der Waals surface area contributed by atoms with Crippen molar-refractivity contribution < 1.29 is 12.8 Å². The molecule has 0 saturated carbocycles. The molecule has 20 heavy (non-hydrogen) atoms. The highest BCUT2D eigenvalue weighted by Crippen LogP contribution is 2.21. The molecule has 0 aliphatic carbocycles. The first-order chi connectivity index (χ1) is 9.42. The number of nitrogens with one attached hydrogen (secondary N) is 1. The first kappa shape index (κ1) is 13.8. The number of hydrogen-bond acceptors (Lipinski definition) is 4. The quantitative estimate of drug-likeness (QED) is 0.846. The van der Waals surface area contributed by atoms with Gasteiger partial charge in [0.05, 0.1) is 16.1 Å². The van der Waals surface area contributed by atoms with Crippen molar-refractivity contribution in [2.75, 3.05) is 10.5 Å². The summed E-state index contributed by atoms with van der Waals surface area (Å²) < 4.78 is 39.7. The Morgan fingerprint density at radius 3 is 2.55 bits per heavy atom. The molecule has 0 spiro atoms. The summed E-state index contributed by atoms with van der Waals surface area (Å²) in [5.74, 6) is -0.751. The molecular formula is C13H10FN3O2S. The van der Waals surface area contributed by atoms with Crippen molar-refractivity contribution in [1.29, 1.82) is 5.26 Å². The third kappa shape index (κ3) is 2.87. The Morgan fingerprint density at radius 2 is 1.90 bits per heavy atom. The minimum Gasteiger partial charge on any atom is -0.399 e. The number of halogens is 1. The first-order valence-electron chi connectivity index (χ1n) is 5.50. The lowest BCUT2D eigenvalue weighted by molar-refractivity contribution is 0.595. The predicted octanol–water partition coefficient (Wildman–Crippen LogP) is 2.08. The molecular weight excluding hydrogens is 281 g/mol. The molecule has 0 amide bonds. The Labute approximate surface area is 115 Å². The van der Waals surface area contributed by atoms with Crippen LogP contribution >= 0.6 is 0 Å². The van der Waals surface area contributed by atoms with E-state index in [2.05, 4.69) is 4.72 Å². The molecule has 2 aromatic rings. The van der Waals surface area contributed by atoms with E-state index in [0.29, 0.717) is 0 Å². The van der Waals surface area contributed by atoms with Crippen molar-refractivity contribution in [3.05, 3.63) is 53.8 Å². The molecule has 0 fully saturated rings. The molecule has 0 radical (unpaired) electrons. The van der Waals surface area contributed by atoms with Gasteiger partial charge in [-0.05, 0) is 30.3 Å². The summed E-state index contributed by atoms with van der Waals surface area (Å²) in [6.07, 6.45) is 0. The van der Waals surface area contributed by atoms with Gasteiger partial charge in [-0.25, -0.2) is 12.8 Å². The lowest BCUT2D eigenvalue weighted by Crippen LogP contribution is -2.14. The van der Waals surface area contributed by atoms with Crippen LogP contribution in [0.5, 0.6) is 0 Å². The minimum atomic E-state index is -4.01. The van der Waals surface area contributed by atoms with Crippen LogP contribution in [0.4, 0.5) is 15.8 Å². The van der Waals surface area contributed by atoms with Crippen LogP contribution in [0.3, 0.4) is 0 Å². The summed E-state index contributed by atoms with van der Waals surface area (Å²) in [4.78, 5) is -0.303. The molecule has 0 aromatic heterocycles. The van der Waals surface area contributed by atoms with Gasteiger partial charge in [0.1, 0.15) is 11.9 Å². The predicted molar refractivity (Wildman–Crippen MR) is 72.8 cm³/mol. The Bertz CT molecular complexity index is 777. The molecule has 0 atom stereocenters. The fourth-order valence-corrected chi connectivity index (χ4v) is 2.76. The van der Waals surface area contributed by atoms with Crippen LogP contribution < -0.4 is 10.5 Å². The Balaban J connectivity index is 2.44. The Hall–Kier alpha value is -2.59. The lowest BCUT2D eigenvalue weighted by atomic mass is 10.2. The van der Waals surface area contributed by atoms with Crippen LogP contribution in [-0.4, -0.2) is 8.42 Å². The monoisotopic (exact) mass is 291 g/mol. The fraction of sp³-hybridized carbons (Fsp3) is 0. The van der Waals surface area contributed by atoms with Crippen molar-refractivity contribution in [3.8, 4) is 6.07 Å². The number of benzene rings is 2. The second kappa shape index (κ2) is 5.19. The third-order valence-corrected chi connectivity index (χ3v) is 3.84. The van der Waals surface area contributed by atoms with E-state index in [-0.39, 0.29) is 21.8 Å². The average molecular weight is 291 g/mol.